The lowest BCUT2D eigenvalue weighted by Crippen LogP contribution is -2.35. The van der Waals surface area contributed by atoms with E-state index in [-0.39, 0.29) is 11.7 Å². The van der Waals surface area contributed by atoms with Gasteiger partial charge in [0, 0.05) is 31.9 Å². The summed E-state index contributed by atoms with van der Waals surface area (Å²) in [7, 11) is 1.73. The normalized spacial score (nSPS) is 16.6. The Morgan fingerprint density at radius 3 is 2.95 bits per heavy atom. The molecule has 108 valence electrons. The second-order valence-corrected chi connectivity index (χ2v) is 5.06. The molecule has 1 aromatic carbocycles. The van der Waals surface area contributed by atoms with Crippen molar-refractivity contribution < 1.29 is 9.18 Å². The number of rotatable bonds is 3. The first kappa shape index (κ1) is 13.6. The van der Waals surface area contributed by atoms with Crippen LogP contribution in [0.5, 0.6) is 0 Å². The van der Waals surface area contributed by atoms with Crippen LogP contribution >= 0.6 is 0 Å². The first-order valence-electron chi connectivity index (χ1n) is 6.67. The molecule has 0 aliphatic carbocycles. The van der Waals surface area contributed by atoms with E-state index < -0.39 is 6.04 Å². The molecule has 5 nitrogen and oxygen atoms in total. The van der Waals surface area contributed by atoms with Gasteiger partial charge in [-0.1, -0.05) is 12.1 Å². The minimum absolute atomic E-state index is 0.0483. The zero-order chi connectivity index (χ0) is 14.8. The van der Waals surface area contributed by atoms with Gasteiger partial charge in [-0.05, 0) is 17.7 Å². The van der Waals surface area contributed by atoms with Crippen molar-refractivity contribution in [3.63, 3.8) is 0 Å². The van der Waals surface area contributed by atoms with Crippen LogP contribution in [0.4, 0.5) is 4.39 Å². The quantitative estimate of drug-likeness (QED) is 0.927. The Labute approximate surface area is 121 Å². The molecule has 1 aliphatic rings. The average Bonchev–Trinajstić information content (AvgIpc) is 2.92. The SMILES string of the molecule is CN(Cc1ccc(F)cc1)C(=O)C1NCc2ncncc21. The van der Waals surface area contributed by atoms with Gasteiger partial charge in [-0.3, -0.25) is 10.1 Å². The van der Waals surface area contributed by atoms with Crippen LogP contribution in [0, 0.1) is 5.82 Å². The Balaban J connectivity index is 1.72. The predicted octanol–water partition coefficient (Wildman–Crippen LogP) is 1.42. The molecule has 0 saturated heterocycles. The molecule has 0 radical (unpaired) electrons. The summed E-state index contributed by atoms with van der Waals surface area (Å²) in [6.45, 7) is 0.999. The molecule has 1 N–H and O–H groups in total. The Kier molecular flexibility index (Phi) is 3.62. The molecule has 1 unspecified atom stereocenters. The predicted molar refractivity (Wildman–Crippen MR) is 74.5 cm³/mol. The molecule has 2 heterocycles. The van der Waals surface area contributed by atoms with E-state index in [1.54, 1.807) is 30.3 Å². The fourth-order valence-electron chi connectivity index (χ4n) is 2.45. The zero-order valence-electron chi connectivity index (χ0n) is 11.6. The van der Waals surface area contributed by atoms with Crippen molar-refractivity contribution in [1.29, 1.82) is 0 Å². The number of fused-ring (bicyclic) bond motifs is 1. The highest BCUT2D eigenvalue weighted by Crippen LogP contribution is 2.24. The molecule has 0 fully saturated rings. The lowest BCUT2D eigenvalue weighted by atomic mass is 10.1. The molecule has 21 heavy (non-hydrogen) atoms. The number of likely N-dealkylation sites (N-methyl/N-ethyl adjacent to an activating group) is 1. The van der Waals surface area contributed by atoms with E-state index in [1.165, 1.54) is 18.5 Å². The van der Waals surface area contributed by atoms with Gasteiger partial charge < -0.3 is 4.90 Å². The largest absolute Gasteiger partial charge is 0.340 e. The maximum atomic E-state index is 12.9. The average molecular weight is 286 g/mol. The molecule has 1 amide bonds. The van der Waals surface area contributed by atoms with Gasteiger partial charge in [-0.15, -0.1) is 0 Å². The number of halogens is 1. The molecule has 1 atom stereocenters. The van der Waals surface area contributed by atoms with Crippen molar-refractivity contribution >= 4 is 5.91 Å². The number of hydrogen-bond donors (Lipinski definition) is 1. The summed E-state index contributed by atoms with van der Waals surface area (Å²) in [4.78, 5) is 22.3. The molecule has 0 bridgehead atoms. The standard InChI is InChI=1S/C15H15FN4O/c1-20(8-10-2-4-11(16)5-3-10)15(21)14-12-6-17-9-19-13(12)7-18-14/h2-6,9,14,18H,7-8H2,1H3. The minimum atomic E-state index is -0.411. The van der Waals surface area contributed by atoms with Gasteiger partial charge >= 0.3 is 0 Å². The molecule has 3 rings (SSSR count). The monoisotopic (exact) mass is 286 g/mol. The topological polar surface area (TPSA) is 58.1 Å². The van der Waals surface area contributed by atoms with Crippen molar-refractivity contribution in [2.45, 2.75) is 19.1 Å². The Morgan fingerprint density at radius 2 is 2.19 bits per heavy atom. The second-order valence-electron chi connectivity index (χ2n) is 5.06. The van der Waals surface area contributed by atoms with Crippen molar-refractivity contribution in [1.82, 2.24) is 20.2 Å². The van der Waals surface area contributed by atoms with Gasteiger partial charge in [0.15, 0.2) is 0 Å². The summed E-state index contributed by atoms with van der Waals surface area (Å²) in [5.74, 6) is -0.329. The first-order chi connectivity index (χ1) is 10.1. The summed E-state index contributed by atoms with van der Waals surface area (Å²) < 4.78 is 12.9. The van der Waals surface area contributed by atoms with Crippen molar-refractivity contribution in [3.05, 3.63) is 59.4 Å². The fourth-order valence-corrected chi connectivity index (χ4v) is 2.45. The van der Waals surface area contributed by atoms with E-state index in [2.05, 4.69) is 15.3 Å². The van der Waals surface area contributed by atoms with Crippen molar-refractivity contribution in [2.24, 2.45) is 0 Å². The Hall–Kier alpha value is -2.34. The summed E-state index contributed by atoms with van der Waals surface area (Å²) in [6.07, 6.45) is 3.16. The minimum Gasteiger partial charge on any atom is -0.340 e. The van der Waals surface area contributed by atoms with E-state index in [1.807, 2.05) is 0 Å². The van der Waals surface area contributed by atoms with Crippen LogP contribution in [0.25, 0.3) is 0 Å². The molecule has 0 spiro atoms. The number of nitrogens with zero attached hydrogens (tertiary/aromatic N) is 3. The van der Waals surface area contributed by atoms with Crippen molar-refractivity contribution in [3.8, 4) is 0 Å². The van der Waals surface area contributed by atoms with Gasteiger partial charge in [-0.25, -0.2) is 14.4 Å². The van der Waals surface area contributed by atoms with E-state index in [0.717, 1.165) is 16.8 Å². The molecule has 1 aromatic heterocycles. The molecular formula is C15H15FN4O. The van der Waals surface area contributed by atoms with Crippen LogP contribution in [0.2, 0.25) is 0 Å². The molecule has 1 aliphatic heterocycles. The van der Waals surface area contributed by atoms with E-state index in [9.17, 15) is 9.18 Å². The van der Waals surface area contributed by atoms with E-state index in [0.29, 0.717) is 13.1 Å². The second kappa shape index (κ2) is 5.57. The van der Waals surface area contributed by atoms with Gasteiger partial charge in [0.1, 0.15) is 18.2 Å². The summed E-state index contributed by atoms with van der Waals surface area (Å²) >= 11 is 0. The maximum absolute atomic E-state index is 12.9. The van der Waals surface area contributed by atoms with Gasteiger partial charge in [0.05, 0.1) is 5.69 Å². The highest BCUT2D eigenvalue weighted by atomic mass is 19.1. The third-order valence-electron chi connectivity index (χ3n) is 3.57. The smallest absolute Gasteiger partial charge is 0.244 e. The summed E-state index contributed by atoms with van der Waals surface area (Å²) in [5, 5.41) is 3.14. The molecule has 0 saturated carbocycles. The van der Waals surface area contributed by atoms with Crippen LogP contribution in [-0.4, -0.2) is 27.8 Å². The number of aromatic nitrogens is 2. The Morgan fingerprint density at radius 1 is 1.43 bits per heavy atom. The highest BCUT2D eigenvalue weighted by Gasteiger charge is 2.31. The maximum Gasteiger partial charge on any atom is 0.244 e. The first-order valence-corrected chi connectivity index (χ1v) is 6.67. The summed E-state index contributed by atoms with van der Waals surface area (Å²) in [6, 6.07) is 5.73. The van der Waals surface area contributed by atoms with Crippen LogP contribution in [0.3, 0.4) is 0 Å². The number of carbonyl (C=O) groups excluding carboxylic acids is 1. The third kappa shape index (κ3) is 2.75. The summed E-state index contributed by atoms with van der Waals surface area (Å²) in [5.41, 5.74) is 2.57. The zero-order valence-corrected chi connectivity index (χ0v) is 11.6. The molecule has 6 heteroatoms. The van der Waals surface area contributed by atoms with Crippen LogP contribution < -0.4 is 5.32 Å². The van der Waals surface area contributed by atoms with Gasteiger partial charge in [0.25, 0.3) is 0 Å². The lowest BCUT2D eigenvalue weighted by molar-refractivity contribution is -0.132. The van der Waals surface area contributed by atoms with Crippen LogP contribution in [0.15, 0.2) is 36.8 Å². The van der Waals surface area contributed by atoms with Gasteiger partial charge in [0.2, 0.25) is 5.91 Å². The third-order valence-corrected chi connectivity index (χ3v) is 3.57. The highest BCUT2D eigenvalue weighted by molar-refractivity contribution is 5.84. The lowest BCUT2D eigenvalue weighted by Gasteiger charge is -2.21. The van der Waals surface area contributed by atoms with E-state index in [4.69, 9.17) is 0 Å². The Bertz CT molecular complexity index is 659. The molecular weight excluding hydrogens is 271 g/mol. The number of nitrogens with one attached hydrogen (secondary N) is 1. The number of hydrogen-bond acceptors (Lipinski definition) is 4. The fraction of sp³-hybridized carbons (Fsp3) is 0.267. The van der Waals surface area contributed by atoms with Crippen LogP contribution in [-0.2, 0) is 17.9 Å². The van der Waals surface area contributed by atoms with Gasteiger partial charge in [-0.2, -0.15) is 0 Å². The van der Waals surface area contributed by atoms with Crippen LogP contribution in [0.1, 0.15) is 22.9 Å². The van der Waals surface area contributed by atoms with E-state index >= 15 is 0 Å². The number of benzene rings is 1. The van der Waals surface area contributed by atoms with Crippen molar-refractivity contribution in [2.75, 3.05) is 7.05 Å². The molecule has 2 aromatic rings. The number of carbonyl (C=O) groups is 1. The number of amides is 1.